The first-order valence-corrected chi connectivity index (χ1v) is 10.5. The Kier molecular flexibility index (Phi) is 4.31. The highest BCUT2D eigenvalue weighted by Crippen LogP contribution is 2.33. The number of nitrogens with one attached hydrogen (secondary N) is 1. The molecule has 1 amide bonds. The van der Waals surface area contributed by atoms with Gasteiger partial charge in [-0.25, -0.2) is 4.98 Å². The second-order valence-electron chi connectivity index (χ2n) is 7.64. The van der Waals surface area contributed by atoms with Gasteiger partial charge < -0.3 is 19.4 Å². The van der Waals surface area contributed by atoms with Gasteiger partial charge in [0.05, 0.1) is 16.7 Å². The molecule has 0 saturated heterocycles. The number of carbonyl (C=O) groups is 1. The summed E-state index contributed by atoms with van der Waals surface area (Å²) in [5, 5.41) is 2.98. The van der Waals surface area contributed by atoms with Crippen molar-refractivity contribution in [3.05, 3.63) is 79.0 Å². The SMILES string of the molecule is O=C(Cn1c(-c2ccccc2)cn2c3ccccc3nc12)Nc1ccc2c(c1)OCCO2. The van der Waals surface area contributed by atoms with E-state index in [1.165, 1.54) is 0 Å². The molecule has 1 aliphatic rings. The number of hydrogen-bond acceptors (Lipinski definition) is 4. The van der Waals surface area contributed by atoms with Crippen molar-refractivity contribution >= 4 is 28.4 Å². The highest BCUT2D eigenvalue weighted by Gasteiger charge is 2.18. The van der Waals surface area contributed by atoms with Gasteiger partial charge >= 0.3 is 0 Å². The summed E-state index contributed by atoms with van der Waals surface area (Å²) in [6.07, 6.45) is 2.04. The summed E-state index contributed by atoms with van der Waals surface area (Å²) in [6.45, 7) is 1.15. The Labute approximate surface area is 183 Å². The monoisotopic (exact) mass is 424 g/mol. The normalized spacial score (nSPS) is 12.9. The first-order valence-electron chi connectivity index (χ1n) is 10.5. The standard InChI is InChI=1S/C25H20N4O3/c30-24(26-18-10-11-22-23(14-18)32-13-12-31-22)16-29-21(17-6-2-1-3-7-17)15-28-20-9-5-4-8-19(20)27-25(28)29/h1-11,14-15H,12-13,16H2,(H,26,30). The Bertz CT molecular complexity index is 1450. The zero-order chi connectivity index (χ0) is 21.5. The number of fused-ring (bicyclic) bond motifs is 4. The van der Waals surface area contributed by atoms with Gasteiger partial charge in [-0.05, 0) is 29.8 Å². The molecular weight excluding hydrogens is 404 g/mol. The molecule has 0 aliphatic carbocycles. The number of carbonyl (C=O) groups excluding carboxylic acids is 1. The molecule has 7 heteroatoms. The third kappa shape index (κ3) is 3.15. The number of aromatic nitrogens is 3. The van der Waals surface area contributed by atoms with Crippen molar-refractivity contribution in [1.82, 2.24) is 14.0 Å². The second-order valence-corrected chi connectivity index (χ2v) is 7.64. The van der Waals surface area contributed by atoms with Crippen LogP contribution in [-0.4, -0.2) is 33.1 Å². The number of para-hydroxylation sites is 2. The van der Waals surface area contributed by atoms with Crippen LogP contribution < -0.4 is 14.8 Å². The van der Waals surface area contributed by atoms with E-state index in [9.17, 15) is 4.79 Å². The zero-order valence-electron chi connectivity index (χ0n) is 17.2. The van der Waals surface area contributed by atoms with E-state index in [2.05, 4.69) is 5.32 Å². The number of benzene rings is 3. The summed E-state index contributed by atoms with van der Waals surface area (Å²) < 4.78 is 15.2. The fraction of sp³-hybridized carbons (Fsp3) is 0.120. The Morgan fingerprint density at radius 1 is 0.938 bits per heavy atom. The molecule has 0 fully saturated rings. The van der Waals surface area contributed by atoms with Crippen LogP contribution in [-0.2, 0) is 11.3 Å². The molecule has 1 aliphatic heterocycles. The molecule has 0 radical (unpaired) electrons. The van der Waals surface area contributed by atoms with Crippen LogP contribution in [0.1, 0.15) is 0 Å². The maximum Gasteiger partial charge on any atom is 0.244 e. The maximum atomic E-state index is 13.0. The molecule has 7 nitrogen and oxygen atoms in total. The van der Waals surface area contributed by atoms with E-state index < -0.39 is 0 Å². The fourth-order valence-corrected chi connectivity index (χ4v) is 4.11. The van der Waals surface area contributed by atoms with Gasteiger partial charge in [-0.15, -0.1) is 0 Å². The molecule has 0 unspecified atom stereocenters. The maximum absolute atomic E-state index is 13.0. The van der Waals surface area contributed by atoms with Gasteiger partial charge in [-0.2, -0.15) is 0 Å². The molecule has 1 N–H and O–H groups in total. The molecule has 158 valence electrons. The molecule has 2 aromatic heterocycles. The van der Waals surface area contributed by atoms with E-state index in [-0.39, 0.29) is 12.5 Å². The minimum Gasteiger partial charge on any atom is -0.486 e. The fourth-order valence-electron chi connectivity index (χ4n) is 4.11. The molecule has 3 heterocycles. The first kappa shape index (κ1) is 18.5. The lowest BCUT2D eigenvalue weighted by molar-refractivity contribution is -0.116. The highest BCUT2D eigenvalue weighted by molar-refractivity contribution is 5.92. The van der Waals surface area contributed by atoms with E-state index in [0.717, 1.165) is 28.1 Å². The topological polar surface area (TPSA) is 69.8 Å². The van der Waals surface area contributed by atoms with Crippen LogP contribution in [0.4, 0.5) is 5.69 Å². The van der Waals surface area contributed by atoms with Crippen LogP contribution in [0.15, 0.2) is 79.0 Å². The summed E-state index contributed by atoms with van der Waals surface area (Å²) >= 11 is 0. The minimum absolute atomic E-state index is 0.124. The van der Waals surface area contributed by atoms with Gasteiger partial charge in [-0.3, -0.25) is 9.20 Å². The van der Waals surface area contributed by atoms with E-state index in [1.54, 1.807) is 6.07 Å². The van der Waals surface area contributed by atoms with Gasteiger partial charge in [-0.1, -0.05) is 42.5 Å². The van der Waals surface area contributed by atoms with Crippen molar-refractivity contribution < 1.29 is 14.3 Å². The molecule has 32 heavy (non-hydrogen) atoms. The van der Waals surface area contributed by atoms with Crippen molar-refractivity contribution in [2.75, 3.05) is 18.5 Å². The molecule has 0 spiro atoms. The summed E-state index contributed by atoms with van der Waals surface area (Å²) in [6, 6.07) is 23.4. The van der Waals surface area contributed by atoms with Gasteiger partial charge in [0.15, 0.2) is 11.5 Å². The van der Waals surface area contributed by atoms with Crippen molar-refractivity contribution in [2.24, 2.45) is 0 Å². The Balaban J connectivity index is 1.37. The second kappa shape index (κ2) is 7.46. The van der Waals surface area contributed by atoms with E-state index in [4.69, 9.17) is 14.5 Å². The van der Waals surface area contributed by atoms with Crippen LogP contribution in [0.2, 0.25) is 0 Å². The third-order valence-corrected chi connectivity index (χ3v) is 5.56. The third-order valence-electron chi connectivity index (χ3n) is 5.56. The molecule has 0 saturated carbocycles. The number of hydrogen-bond donors (Lipinski definition) is 1. The number of rotatable bonds is 4. The summed E-state index contributed by atoms with van der Waals surface area (Å²) in [5.74, 6) is 1.91. The molecular formula is C25H20N4O3. The minimum atomic E-state index is -0.149. The number of ether oxygens (including phenoxy) is 2. The Morgan fingerprint density at radius 3 is 2.59 bits per heavy atom. The smallest absolute Gasteiger partial charge is 0.244 e. The highest BCUT2D eigenvalue weighted by atomic mass is 16.6. The Morgan fingerprint density at radius 2 is 1.72 bits per heavy atom. The largest absolute Gasteiger partial charge is 0.486 e. The Hall–Kier alpha value is -4.26. The average Bonchev–Trinajstić information content (AvgIpc) is 3.36. The van der Waals surface area contributed by atoms with Crippen LogP contribution in [0.25, 0.3) is 28.1 Å². The van der Waals surface area contributed by atoms with Crippen molar-refractivity contribution in [3.63, 3.8) is 0 Å². The predicted octanol–water partition coefficient (Wildman–Crippen LogP) is 4.37. The predicted molar refractivity (Wildman–Crippen MR) is 122 cm³/mol. The van der Waals surface area contributed by atoms with Crippen LogP contribution in [0, 0.1) is 0 Å². The molecule has 3 aromatic carbocycles. The lowest BCUT2D eigenvalue weighted by Gasteiger charge is -2.19. The zero-order valence-corrected chi connectivity index (χ0v) is 17.2. The van der Waals surface area contributed by atoms with Crippen LogP contribution >= 0.6 is 0 Å². The number of amides is 1. The summed E-state index contributed by atoms with van der Waals surface area (Å²) in [5.41, 5.74) is 4.51. The summed E-state index contributed by atoms with van der Waals surface area (Å²) in [7, 11) is 0. The molecule has 6 rings (SSSR count). The number of anilines is 1. The van der Waals surface area contributed by atoms with Crippen molar-refractivity contribution in [3.8, 4) is 22.8 Å². The van der Waals surface area contributed by atoms with E-state index in [1.807, 2.05) is 81.9 Å². The van der Waals surface area contributed by atoms with Crippen LogP contribution in [0.5, 0.6) is 11.5 Å². The average molecular weight is 424 g/mol. The van der Waals surface area contributed by atoms with Gasteiger partial charge in [0.2, 0.25) is 11.7 Å². The lowest BCUT2D eigenvalue weighted by atomic mass is 10.1. The van der Waals surface area contributed by atoms with Gasteiger partial charge in [0, 0.05) is 18.0 Å². The van der Waals surface area contributed by atoms with Crippen molar-refractivity contribution in [1.29, 1.82) is 0 Å². The van der Waals surface area contributed by atoms with E-state index >= 15 is 0 Å². The molecule has 0 bridgehead atoms. The summed E-state index contributed by atoms with van der Waals surface area (Å²) in [4.78, 5) is 17.8. The number of imidazole rings is 2. The van der Waals surface area contributed by atoms with E-state index in [0.29, 0.717) is 30.4 Å². The molecule has 5 aromatic rings. The number of nitrogens with zero attached hydrogens (tertiary/aromatic N) is 3. The van der Waals surface area contributed by atoms with Gasteiger partial charge in [0.1, 0.15) is 19.8 Å². The molecule has 0 atom stereocenters. The quantitative estimate of drug-likeness (QED) is 0.465. The van der Waals surface area contributed by atoms with Gasteiger partial charge in [0.25, 0.3) is 0 Å². The first-order chi connectivity index (χ1) is 15.8. The lowest BCUT2D eigenvalue weighted by Crippen LogP contribution is -2.20. The van der Waals surface area contributed by atoms with Crippen molar-refractivity contribution in [2.45, 2.75) is 6.54 Å². The van der Waals surface area contributed by atoms with Crippen LogP contribution in [0.3, 0.4) is 0 Å².